The van der Waals surface area contributed by atoms with Crippen molar-refractivity contribution in [1.82, 2.24) is 4.90 Å². The van der Waals surface area contributed by atoms with Crippen molar-refractivity contribution < 1.29 is 14.7 Å². The van der Waals surface area contributed by atoms with Crippen LogP contribution in [0.5, 0.6) is 0 Å². The lowest BCUT2D eigenvalue weighted by Gasteiger charge is -2.13. The van der Waals surface area contributed by atoms with E-state index in [9.17, 15) is 9.59 Å². The highest BCUT2D eigenvalue weighted by Gasteiger charge is 2.33. The lowest BCUT2D eigenvalue weighted by Crippen LogP contribution is -2.33. The maximum atomic E-state index is 12.4. The summed E-state index contributed by atoms with van der Waals surface area (Å²) in [5.74, 6) is -1.39. The van der Waals surface area contributed by atoms with Crippen LogP contribution < -0.4 is 0 Å². The van der Waals surface area contributed by atoms with Crippen LogP contribution in [0.4, 0.5) is 0 Å². The zero-order chi connectivity index (χ0) is 17.9. The third kappa shape index (κ3) is 3.87. The first-order valence-electron chi connectivity index (χ1n) is 8.03. The van der Waals surface area contributed by atoms with Crippen LogP contribution in [0.1, 0.15) is 43.0 Å². The Morgan fingerprint density at radius 1 is 1.17 bits per heavy atom. The molecule has 24 heavy (non-hydrogen) atoms. The SMILES string of the molecule is CCc1cc(CC)c(CC)cc1C=C1SC(=S)N(CC(=O)O)C1=O. The van der Waals surface area contributed by atoms with Crippen LogP contribution >= 0.6 is 24.0 Å². The second kappa shape index (κ2) is 7.94. The van der Waals surface area contributed by atoms with Gasteiger partial charge in [-0.2, -0.15) is 0 Å². The van der Waals surface area contributed by atoms with Gasteiger partial charge in [0.25, 0.3) is 5.91 Å². The number of carbonyl (C=O) groups excluding carboxylic acids is 1. The van der Waals surface area contributed by atoms with E-state index in [1.165, 1.54) is 28.5 Å². The van der Waals surface area contributed by atoms with E-state index in [4.69, 9.17) is 17.3 Å². The van der Waals surface area contributed by atoms with Crippen molar-refractivity contribution in [2.75, 3.05) is 6.54 Å². The van der Waals surface area contributed by atoms with Gasteiger partial charge in [-0.1, -0.05) is 56.9 Å². The van der Waals surface area contributed by atoms with Gasteiger partial charge < -0.3 is 5.11 Å². The van der Waals surface area contributed by atoms with E-state index in [-0.39, 0.29) is 5.91 Å². The van der Waals surface area contributed by atoms with Crippen molar-refractivity contribution in [3.63, 3.8) is 0 Å². The minimum Gasteiger partial charge on any atom is -0.480 e. The van der Waals surface area contributed by atoms with Gasteiger partial charge in [-0.15, -0.1) is 0 Å². The minimum absolute atomic E-state index is 0.299. The number of carboxylic acids is 1. The van der Waals surface area contributed by atoms with Crippen LogP contribution in [0.3, 0.4) is 0 Å². The largest absolute Gasteiger partial charge is 0.480 e. The van der Waals surface area contributed by atoms with Crippen molar-refractivity contribution in [2.24, 2.45) is 0 Å². The second-order valence-electron chi connectivity index (χ2n) is 5.54. The van der Waals surface area contributed by atoms with Gasteiger partial charge in [0.2, 0.25) is 0 Å². The number of aryl methyl sites for hydroxylation is 3. The Labute approximate surface area is 151 Å². The Bertz CT molecular complexity index is 725. The van der Waals surface area contributed by atoms with E-state index < -0.39 is 12.5 Å². The summed E-state index contributed by atoms with van der Waals surface area (Å²) in [6.07, 6.45) is 4.64. The molecule has 0 aliphatic carbocycles. The van der Waals surface area contributed by atoms with E-state index in [1.807, 2.05) is 6.08 Å². The maximum Gasteiger partial charge on any atom is 0.323 e. The Hall–Kier alpha value is -1.66. The first-order chi connectivity index (χ1) is 11.4. The van der Waals surface area contributed by atoms with Crippen LogP contribution in [-0.2, 0) is 28.9 Å². The number of nitrogens with zero attached hydrogens (tertiary/aromatic N) is 1. The number of carbonyl (C=O) groups is 2. The summed E-state index contributed by atoms with van der Waals surface area (Å²) in [4.78, 5) is 24.9. The molecule has 1 aromatic carbocycles. The number of benzene rings is 1. The highest BCUT2D eigenvalue weighted by Crippen LogP contribution is 2.33. The molecule has 1 heterocycles. The number of hydrogen-bond acceptors (Lipinski definition) is 4. The number of hydrogen-bond donors (Lipinski definition) is 1. The van der Waals surface area contributed by atoms with Crippen LogP contribution in [0.25, 0.3) is 6.08 Å². The number of carboxylic acid groups (broad SMARTS) is 1. The van der Waals surface area contributed by atoms with Gasteiger partial charge in [0, 0.05) is 0 Å². The Morgan fingerprint density at radius 2 is 1.75 bits per heavy atom. The number of thiocarbonyl (C=S) groups is 1. The molecule has 0 spiro atoms. The Balaban J connectivity index is 2.42. The number of thioether (sulfide) groups is 1. The molecule has 0 bridgehead atoms. The highest BCUT2D eigenvalue weighted by atomic mass is 32.2. The summed E-state index contributed by atoms with van der Waals surface area (Å²) in [5, 5.41) is 8.91. The predicted molar refractivity (Wildman–Crippen MR) is 102 cm³/mol. The topological polar surface area (TPSA) is 57.6 Å². The average molecular weight is 364 g/mol. The van der Waals surface area contributed by atoms with Crippen LogP contribution in [0.15, 0.2) is 17.0 Å². The summed E-state index contributed by atoms with van der Waals surface area (Å²) in [6, 6.07) is 4.35. The molecule has 1 aliphatic rings. The summed E-state index contributed by atoms with van der Waals surface area (Å²) < 4.78 is 0.299. The van der Waals surface area contributed by atoms with Gasteiger partial charge >= 0.3 is 5.97 Å². The molecule has 0 saturated carbocycles. The summed E-state index contributed by atoms with van der Waals surface area (Å²) in [6.45, 7) is 5.96. The highest BCUT2D eigenvalue weighted by molar-refractivity contribution is 8.26. The van der Waals surface area contributed by atoms with Crippen molar-refractivity contribution in [1.29, 1.82) is 0 Å². The molecular formula is C18H21NO3S2. The molecule has 0 radical (unpaired) electrons. The molecule has 1 aliphatic heterocycles. The molecule has 4 nitrogen and oxygen atoms in total. The van der Waals surface area contributed by atoms with Gasteiger partial charge in [-0.25, -0.2) is 0 Å². The molecule has 128 valence electrons. The van der Waals surface area contributed by atoms with E-state index in [0.29, 0.717) is 9.23 Å². The molecule has 2 rings (SSSR count). The summed E-state index contributed by atoms with van der Waals surface area (Å²) in [7, 11) is 0. The Morgan fingerprint density at radius 3 is 2.29 bits per heavy atom. The molecule has 1 fully saturated rings. The second-order valence-corrected chi connectivity index (χ2v) is 7.22. The lowest BCUT2D eigenvalue weighted by atomic mass is 9.94. The number of amides is 1. The van der Waals surface area contributed by atoms with Crippen LogP contribution in [0, 0.1) is 0 Å². The molecule has 0 atom stereocenters. The van der Waals surface area contributed by atoms with E-state index in [1.54, 1.807) is 0 Å². The van der Waals surface area contributed by atoms with Crippen molar-refractivity contribution in [2.45, 2.75) is 40.0 Å². The van der Waals surface area contributed by atoms with E-state index in [0.717, 1.165) is 29.7 Å². The maximum absolute atomic E-state index is 12.4. The number of aliphatic carboxylic acids is 1. The molecule has 6 heteroatoms. The molecule has 0 unspecified atom stereocenters. The van der Waals surface area contributed by atoms with E-state index in [2.05, 4.69) is 32.9 Å². The number of rotatable bonds is 6. The minimum atomic E-state index is -1.07. The first-order valence-corrected chi connectivity index (χ1v) is 9.25. The van der Waals surface area contributed by atoms with Crippen LogP contribution in [-0.4, -0.2) is 32.7 Å². The van der Waals surface area contributed by atoms with E-state index >= 15 is 0 Å². The van der Waals surface area contributed by atoms with Gasteiger partial charge in [-0.05, 0) is 47.6 Å². The molecule has 1 amide bonds. The Kier molecular flexibility index (Phi) is 6.18. The fraction of sp³-hybridized carbons (Fsp3) is 0.389. The molecule has 1 N–H and O–H groups in total. The lowest BCUT2D eigenvalue weighted by molar-refractivity contribution is -0.140. The van der Waals surface area contributed by atoms with Crippen molar-refractivity contribution in [3.05, 3.63) is 39.3 Å². The fourth-order valence-corrected chi connectivity index (χ4v) is 4.02. The summed E-state index contributed by atoms with van der Waals surface area (Å²) in [5.41, 5.74) is 4.82. The van der Waals surface area contributed by atoms with Gasteiger partial charge in [0.1, 0.15) is 10.9 Å². The molecule has 1 aromatic rings. The average Bonchev–Trinajstić information content (AvgIpc) is 2.81. The third-order valence-corrected chi connectivity index (χ3v) is 5.44. The molecule has 0 aromatic heterocycles. The van der Waals surface area contributed by atoms with Gasteiger partial charge in [0.15, 0.2) is 0 Å². The monoisotopic (exact) mass is 363 g/mol. The predicted octanol–water partition coefficient (Wildman–Crippen LogP) is 3.66. The third-order valence-electron chi connectivity index (χ3n) is 4.06. The fourth-order valence-electron chi connectivity index (χ4n) is 2.77. The zero-order valence-corrected chi connectivity index (χ0v) is 15.7. The van der Waals surface area contributed by atoms with Gasteiger partial charge in [-0.3, -0.25) is 14.5 Å². The van der Waals surface area contributed by atoms with Crippen molar-refractivity contribution >= 4 is 46.3 Å². The zero-order valence-electron chi connectivity index (χ0n) is 14.1. The van der Waals surface area contributed by atoms with Crippen molar-refractivity contribution in [3.8, 4) is 0 Å². The smallest absolute Gasteiger partial charge is 0.323 e. The molecular weight excluding hydrogens is 342 g/mol. The van der Waals surface area contributed by atoms with Crippen LogP contribution in [0.2, 0.25) is 0 Å². The first kappa shape index (κ1) is 18.7. The standard InChI is InChI=1S/C18H21NO3S2/c1-4-11-7-13(6-3)14(8-12(11)5-2)9-15-17(22)19(10-16(20)21)18(23)24-15/h7-9H,4-6,10H2,1-3H3,(H,20,21). The summed E-state index contributed by atoms with van der Waals surface area (Å²) >= 11 is 6.31. The molecule has 1 saturated heterocycles. The normalized spacial score (nSPS) is 16.3. The quantitative estimate of drug-likeness (QED) is 0.617. The van der Waals surface area contributed by atoms with Gasteiger partial charge in [0.05, 0.1) is 4.91 Å².